The van der Waals surface area contributed by atoms with E-state index >= 15 is 0 Å². The van der Waals surface area contributed by atoms with E-state index in [-0.39, 0.29) is 0 Å². The van der Waals surface area contributed by atoms with E-state index in [1.54, 1.807) is 5.56 Å². The summed E-state index contributed by atoms with van der Waals surface area (Å²) in [6, 6.07) is 9.84. The van der Waals surface area contributed by atoms with Crippen molar-refractivity contribution in [2.45, 2.75) is 44.6 Å². The second-order valence-corrected chi connectivity index (χ2v) is 6.57. The van der Waals surface area contributed by atoms with Gasteiger partial charge in [-0.25, -0.2) is 0 Å². The van der Waals surface area contributed by atoms with Crippen molar-refractivity contribution in [1.29, 1.82) is 0 Å². The first kappa shape index (κ1) is 17.7. The molecule has 1 aromatic rings. The summed E-state index contributed by atoms with van der Waals surface area (Å²) >= 11 is 0. The van der Waals surface area contributed by atoms with Gasteiger partial charge in [0.05, 0.1) is 0 Å². The largest absolute Gasteiger partial charge is 0.368 e. The molecule has 1 aromatic carbocycles. The van der Waals surface area contributed by atoms with Crippen LogP contribution in [0.5, 0.6) is 0 Å². The number of benzene rings is 1. The van der Waals surface area contributed by atoms with E-state index in [4.69, 9.17) is 4.79 Å². The molecule has 1 unspecified atom stereocenters. The molecule has 0 amide bonds. The summed E-state index contributed by atoms with van der Waals surface area (Å²) in [6.45, 7) is 5.49. The van der Waals surface area contributed by atoms with Crippen LogP contribution in [0.3, 0.4) is 0 Å². The molecule has 1 N–H and O–H groups in total. The number of rotatable bonds is 4. The summed E-state index contributed by atoms with van der Waals surface area (Å²) in [4.78, 5) is 11.8. The van der Waals surface area contributed by atoms with E-state index in [9.17, 15) is 0 Å². The Morgan fingerprint density at radius 3 is 2.61 bits per heavy atom. The number of fused-ring (bicyclic) bond motifs is 1. The van der Waals surface area contributed by atoms with Gasteiger partial charge in [-0.2, -0.15) is 0 Å². The zero-order valence-electron chi connectivity index (χ0n) is 14.3. The maximum Gasteiger partial charge on any atom is 0.142 e. The van der Waals surface area contributed by atoms with Crippen LogP contribution in [-0.2, 0) is 11.2 Å². The molecule has 126 valence electrons. The highest BCUT2D eigenvalue weighted by molar-refractivity contribution is 5.63. The smallest absolute Gasteiger partial charge is 0.142 e. The van der Waals surface area contributed by atoms with E-state index in [0.29, 0.717) is 6.29 Å². The van der Waals surface area contributed by atoms with Gasteiger partial charge in [-0.05, 0) is 56.5 Å². The molecule has 3 heteroatoms. The molecular weight excluding hydrogens is 284 g/mol. The van der Waals surface area contributed by atoms with Crippen LogP contribution >= 0.6 is 0 Å². The van der Waals surface area contributed by atoms with Gasteiger partial charge in [-0.3, -0.25) is 4.79 Å². The molecule has 0 radical (unpaired) electrons. The maximum absolute atomic E-state index is 9.06. The fourth-order valence-corrected chi connectivity index (χ4v) is 3.88. The van der Waals surface area contributed by atoms with E-state index in [1.807, 2.05) is 0 Å². The van der Waals surface area contributed by atoms with Crippen LogP contribution in [0.25, 0.3) is 0 Å². The van der Waals surface area contributed by atoms with Crippen molar-refractivity contribution in [1.82, 2.24) is 5.32 Å². The summed E-state index contributed by atoms with van der Waals surface area (Å²) in [5, 5.41) is 3.37. The number of aldehydes is 1. The van der Waals surface area contributed by atoms with Crippen molar-refractivity contribution in [2.75, 3.05) is 25.0 Å². The highest BCUT2D eigenvalue weighted by Gasteiger charge is 2.29. The lowest BCUT2D eigenvalue weighted by molar-refractivity contribution is -0.104. The molecule has 23 heavy (non-hydrogen) atoms. The number of hydrogen-bond donors (Lipinski definition) is 1. The van der Waals surface area contributed by atoms with Crippen molar-refractivity contribution in [2.24, 2.45) is 5.92 Å². The summed E-state index contributed by atoms with van der Waals surface area (Å²) < 4.78 is 0. The lowest BCUT2D eigenvalue weighted by Gasteiger charge is -2.42. The topological polar surface area (TPSA) is 32.3 Å². The van der Waals surface area contributed by atoms with Crippen LogP contribution in [0.2, 0.25) is 0 Å². The molecule has 2 aliphatic rings. The first-order valence-electron chi connectivity index (χ1n) is 8.85. The molecule has 1 aliphatic carbocycles. The second-order valence-electron chi connectivity index (χ2n) is 6.57. The molecule has 1 aliphatic heterocycles. The first-order valence-corrected chi connectivity index (χ1v) is 8.85. The first-order chi connectivity index (χ1) is 11.3. The van der Waals surface area contributed by atoms with E-state index < -0.39 is 0 Å². The zero-order chi connectivity index (χ0) is 16.5. The Labute approximate surface area is 140 Å². The van der Waals surface area contributed by atoms with Crippen molar-refractivity contribution in [3.8, 4) is 0 Å². The summed E-state index contributed by atoms with van der Waals surface area (Å²) in [5.41, 5.74) is 3.07. The molecule has 0 bridgehead atoms. The zero-order valence-corrected chi connectivity index (χ0v) is 14.3. The number of carbonyl (C=O) groups excluding carboxylic acids is 1. The molecular formula is C20H30N2O. The molecule has 3 rings (SSSR count). The maximum atomic E-state index is 9.06. The molecule has 0 saturated heterocycles. The standard InChI is InChI=1S/C17H26N2.C3H4O/c1-18-12-14-11-15-7-5-6-10-17(15)19(13-14)16-8-3-2-4-9-16;1-2-3-4/h5-7,10,14,16,18H,2-4,8-9,11-13H2,1H3;2-3H,1H2. The van der Waals surface area contributed by atoms with Crippen molar-refractivity contribution >= 4 is 12.0 Å². The van der Waals surface area contributed by atoms with Gasteiger partial charge in [-0.15, -0.1) is 0 Å². The number of hydrogen-bond acceptors (Lipinski definition) is 3. The van der Waals surface area contributed by atoms with Gasteiger partial charge in [0.25, 0.3) is 0 Å². The van der Waals surface area contributed by atoms with Crippen LogP contribution in [-0.4, -0.2) is 32.5 Å². The third-order valence-corrected chi connectivity index (χ3v) is 4.87. The highest BCUT2D eigenvalue weighted by atomic mass is 16.1. The summed E-state index contributed by atoms with van der Waals surface area (Å²) in [7, 11) is 2.07. The predicted molar refractivity (Wildman–Crippen MR) is 98.0 cm³/mol. The van der Waals surface area contributed by atoms with Crippen LogP contribution in [0.4, 0.5) is 5.69 Å². The van der Waals surface area contributed by atoms with Gasteiger partial charge < -0.3 is 10.2 Å². The Kier molecular flexibility index (Phi) is 7.34. The fourth-order valence-electron chi connectivity index (χ4n) is 3.88. The van der Waals surface area contributed by atoms with Gasteiger partial charge in [0.1, 0.15) is 6.29 Å². The van der Waals surface area contributed by atoms with Gasteiger partial charge in [-0.1, -0.05) is 44.0 Å². The third-order valence-electron chi connectivity index (χ3n) is 4.87. The molecule has 1 atom stereocenters. The average molecular weight is 314 g/mol. The Morgan fingerprint density at radius 2 is 1.96 bits per heavy atom. The normalized spacial score (nSPS) is 20.9. The molecule has 0 aromatic heterocycles. The molecule has 1 fully saturated rings. The number of nitrogens with one attached hydrogen (secondary N) is 1. The SMILES string of the molecule is C=CC=O.CNCC1Cc2ccccc2N(C2CCCCC2)C1. The predicted octanol–water partition coefficient (Wildman–Crippen LogP) is 3.59. The average Bonchev–Trinajstić information content (AvgIpc) is 2.62. The monoisotopic (exact) mass is 314 g/mol. The van der Waals surface area contributed by atoms with Crippen LogP contribution in [0, 0.1) is 5.92 Å². The van der Waals surface area contributed by atoms with Gasteiger partial charge in [0.15, 0.2) is 0 Å². The number of nitrogens with zero attached hydrogens (tertiary/aromatic N) is 1. The van der Waals surface area contributed by atoms with Crippen LogP contribution < -0.4 is 10.2 Å². The number of anilines is 1. The van der Waals surface area contributed by atoms with Crippen LogP contribution in [0.1, 0.15) is 37.7 Å². The van der Waals surface area contributed by atoms with Gasteiger partial charge >= 0.3 is 0 Å². The highest BCUT2D eigenvalue weighted by Crippen LogP contribution is 2.34. The Balaban J connectivity index is 0.000000433. The third kappa shape index (κ3) is 4.93. The fraction of sp³-hybridized carbons (Fsp3) is 0.550. The van der Waals surface area contributed by atoms with Crippen LogP contribution in [0.15, 0.2) is 36.9 Å². The Bertz CT molecular complexity index is 488. The van der Waals surface area contributed by atoms with Crippen molar-refractivity contribution < 1.29 is 4.79 Å². The molecule has 1 heterocycles. The minimum atomic E-state index is 0.639. The van der Waals surface area contributed by atoms with Crippen molar-refractivity contribution in [3.05, 3.63) is 42.5 Å². The van der Waals surface area contributed by atoms with E-state index in [1.165, 1.54) is 56.8 Å². The van der Waals surface area contributed by atoms with E-state index in [2.05, 4.69) is 48.1 Å². The van der Waals surface area contributed by atoms with Gasteiger partial charge in [0, 0.05) is 18.3 Å². The molecule has 1 saturated carbocycles. The van der Waals surface area contributed by atoms with Gasteiger partial charge in [0.2, 0.25) is 0 Å². The molecule has 3 nitrogen and oxygen atoms in total. The number of allylic oxidation sites excluding steroid dienone is 1. The number of carbonyl (C=O) groups is 1. The second kappa shape index (κ2) is 9.51. The Hall–Kier alpha value is -1.61. The molecule has 0 spiro atoms. The lowest BCUT2D eigenvalue weighted by Crippen LogP contribution is -2.45. The minimum Gasteiger partial charge on any atom is -0.368 e. The number of para-hydroxylation sites is 1. The summed E-state index contributed by atoms with van der Waals surface area (Å²) in [5.74, 6) is 0.766. The summed E-state index contributed by atoms with van der Waals surface area (Å²) in [6.07, 6.45) is 10.1. The lowest BCUT2D eigenvalue weighted by atomic mass is 9.87. The van der Waals surface area contributed by atoms with E-state index in [0.717, 1.165) is 18.5 Å². The van der Waals surface area contributed by atoms with Crippen molar-refractivity contribution in [3.63, 3.8) is 0 Å². The minimum absolute atomic E-state index is 0.639. The Morgan fingerprint density at radius 1 is 1.26 bits per heavy atom. The quantitative estimate of drug-likeness (QED) is 0.681.